The molecule has 0 aliphatic carbocycles. The molecule has 25 heavy (non-hydrogen) atoms. The molecule has 3 aromatic rings. The van der Waals surface area contributed by atoms with Crippen molar-refractivity contribution < 1.29 is 9.18 Å². The molecule has 3 rings (SSSR count). The van der Waals surface area contributed by atoms with Gasteiger partial charge in [-0.05, 0) is 42.8 Å². The molecule has 1 heterocycles. The molecule has 1 amide bonds. The van der Waals surface area contributed by atoms with E-state index < -0.39 is 5.91 Å². The Morgan fingerprint density at radius 3 is 2.32 bits per heavy atom. The van der Waals surface area contributed by atoms with Crippen LogP contribution in [0.15, 0.2) is 60.9 Å². The largest absolute Gasteiger partial charge is 0.366 e. The van der Waals surface area contributed by atoms with Gasteiger partial charge in [0, 0.05) is 35.8 Å². The van der Waals surface area contributed by atoms with Crippen LogP contribution in [0.2, 0.25) is 0 Å². The predicted molar refractivity (Wildman–Crippen MR) is 95.1 cm³/mol. The molecular formula is C19H17FN4O. The Labute approximate surface area is 145 Å². The topological polar surface area (TPSA) is 72.1 Å². The molecule has 126 valence electrons. The third-order valence-electron chi connectivity index (χ3n) is 3.82. The van der Waals surface area contributed by atoms with Crippen LogP contribution in [0.4, 0.5) is 16.0 Å². The van der Waals surface area contributed by atoms with E-state index in [4.69, 9.17) is 5.73 Å². The second-order valence-corrected chi connectivity index (χ2v) is 5.44. The summed E-state index contributed by atoms with van der Waals surface area (Å²) in [4.78, 5) is 21.7. The lowest BCUT2D eigenvalue weighted by Gasteiger charge is -2.20. The number of carbonyl (C=O) groups is 1. The Bertz CT molecular complexity index is 879. The average molecular weight is 336 g/mol. The van der Waals surface area contributed by atoms with Gasteiger partial charge >= 0.3 is 0 Å². The zero-order valence-corrected chi connectivity index (χ0v) is 13.7. The van der Waals surface area contributed by atoms with Crippen LogP contribution < -0.4 is 10.6 Å². The van der Waals surface area contributed by atoms with Crippen molar-refractivity contribution >= 4 is 17.5 Å². The molecule has 0 fully saturated rings. The molecule has 5 nitrogen and oxygen atoms in total. The third-order valence-corrected chi connectivity index (χ3v) is 3.82. The van der Waals surface area contributed by atoms with E-state index in [0.717, 1.165) is 11.1 Å². The van der Waals surface area contributed by atoms with Crippen LogP contribution in [0, 0.1) is 5.82 Å². The Morgan fingerprint density at radius 1 is 1.08 bits per heavy atom. The van der Waals surface area contributed by atoms with Gasteiger partial charge in [0.1, 0.15) is 5.82 Å². The molecule has 0 unspecified atom stereocenters. The van der Waals surface area contributed by atoms with Crippen molar-refractivity contribution in [3.05, 3.63) is 72.3 Å². The van der Waals surface area contributed by atoms with E-state index in [9.17, 15) is 9.18 Å². The monoisotopic (exact) mass is 336 g/mol. The zero-order chi connectivity index (χ0) is 17.8. The molecule has 0 bridgehead atoms. The van der Waals surface area contributed by atoms with E-state index >= 15 is 0 Å². The minimum atomic E-state index is -0.466. The Hall–Kier alpha value is -3.28. The van der Waals surface area contributed by atoms with Gasteiger partial charge in [-0.1, -0.05) is 18.2 Å². The maximum absolute atomic E-state index is 13.5. The van der Waals surface area contributed by atoms with Crippen molar-refractivity contribution in [1.82, 2.24) is 9.97 Å². The van der Waals surface area contributed by atoms with Crippen LogP contribution in [-0.4, -0.2) is 22.4 Å². The zero-order valence-electron chi connectivity index (χ0n) is 13.7. The second kappa shape index (κ2) is 7.09. The average Bonchev–Trinajstić information content (AvgIpc) is 2.63. The fourth-order valence-corrected chi connectivity index (χ4v) is 2.52. The molecule has 0 saturated carbocycles. The predicted octanol–water partition coefficient (Wildman–Crippen LogP) is 3.54. The summed E-state index contributed by atoms with van der Waals surface area (Å²) < 4.78 is 13.5. The number of amides is 1. The summed E-state index contributed by atoms with van der Waals surface area (Å²) >= 11 is 0. The maximum atomic E-state index is 13.5. The van der Waals surface area contributed by atoms with Crippen LogP contribution in [-0.2, 0) is 0 Å². The first kappa shape index (κ1) is 16.6. The number of nitrogens with two attached hydrogens (primary N) is 1. The minimum Gasteiger partial charge on any atom is -0.366 e. The fourth-order valence-electron chi connectivity index (χ4n) is 2.52. The molecular weight excluding hydrogens is 319 g/mol. The molecule has 2 aromatic carbocycles. The minimum absolute atomic E-state index is 0.304. The van der Waals surface area contributed by atoms with Crippen molar-refractivity contribution in [2.75, 3.05) is 11.4 Å². The van der Waals surface area contributed by atoms with Crippen LogP contribution >= 0.6 is 0 Å². The molecule has 0 atom stereocenters. The molecule has 0 radical (unpaired) electrons. The smallest absolute Gasteiger partial charge is 0.248 e. The normalized spacial score (nSPS) is 10.5. The van der Waals surface area contributed by atoms with Crippen LogP contribution in [0.1, 0.15) is 17.3 Å². The Morgan fingerprint density at radius 2 is 1.76 bits per heavy atom. The van der Waals surface area contributed by atoms with Gasteiger partial charge < -0.3 is 10.6 Å². The van der Waals surface area contributed by atoms with E-state index in [2.05, 4.69) is 9.97 Å². The molecule has 1 aromatic heterocycles. The van der Waals surface area contributed by atoms with E-state index in [0.29, 0.717) is 23.7 Å². The van der Waals surface area contributed by atoms with E-state index in [1.807, 2.05) is 17.9 Å². The highest BCUT2D eigenvalue weighted by atomic mass is 19.1. The molecule has 6 heteroatoms. The number of hydrogen-bond acceptors (Lipinski definition) is 4. The number of anilines is 2. The first-order chi connectivity index (χ1) is 12.1. The summed E-state index contributed by atoms with van der Waals surface area (Å²) in [7, 11) is 0. The summed E-state index contributed by atoms with van der Waals surface area (Å²) in [5, 5.41) is 0. The highest BCUT2D eigenvalue weighted by Gasteiger charge is 2.11. The van der Waals surface area contributed by atoms with E-state index in [-0.39, 0.29) is 5.82 Å². The number of benzene rings is 2. The number of nitrogens with zero attached hydrogens (tertiary/aromatic N) is 3. The van der Waals surface area contributed by atoms with Gasteiger partial charge in [0.2, 0.25) is 11.9 Å². The van der Waals surface area contributed by atoms with Crippen LogP contribution in [0.5, 0.6) is 0 Å². The van der Waals surface area contributed by atoms with Gasteiger partial charge in [0.25, 0.3) is 0 Å². The number of aromatic nitrogens is 2. The van der Waals surface area contributed by atoms with Gasteiger partial charge in [-0.2, -0.15) is 0 Å². The summed E-state index contributed by atoms with van der Waals surface area (Å²) in [5.74, 6) is -0.278. The van der Waals surface area contributed by atoms with Gasteiger partial charge in [0.15, 0.2) is 0 Å². The molecule has 0 saturated heterocycles. The lowest BCUT2D eigenvalue weighted by Crippen LogP contribution is -2.18. The van der Waals surface area contributed by atoms with Crippen molar-refractivity contribution in [1.29, 1.82) is 0 Å². The second-order valence-electron chi connectivity index (χ2n) is 5.44. The first-order valence-corrected chi connectivity index (χ1v) is 7.84. The third kappa shape index (κ3) is 3.63. The molecule has 0 spiro atoms. The summed E-state index contributed by atoms with van der Waals surface area (Å²) in [5.41, 5.74) is 8.08. The van der Waals surface area contributed by atoms with E-state index in [1.165, 1.54) is 12.1 Å². The Balaban J connectivity index is 1.87. The Kier molecular flexibility index (Phi) is 4.70. The van der Waals surface area contributed by atoms with Crippen LogP contribution in [0.3, 0.4) is 0 Å². The van der Waals surface area contributed by atoms with Crippen molar-refractivity contribution in [3.63, 3.8) is 0 Å². The standard InChI is InChI=1S/C19H17FN4O/c1-2-24(17-5-3-4-16(20)10-17)19-22-11-15(12-23-19)13-6-8-14(9-7-13)18(21)25/h3-12H,2H2,1H3,(H2,21,25). The van der Waals surface area contributed by atoms with Crippen molar-refractivity contribution in [2.45, 2.75) is 6.92 Å². The fraction of sp³-hybridized carbons (Fsp3) is 0.105. The summed E-state index contributed by atoms with van der Waals surface area (Å²) in [6.07, 6.45) is 3.40. The van der Waals surface area contributed by atoms with Crippen LogP contribution in [0.25, 0.3) is 11.1 Å². The van der Waals surface area contributed by atoms with E-state index in [1.54, 1.807) is 42.7 Å². The maximum Gasteiger partial charge on any atom is 0.248 e. The lowest BCUT2D eigenvalue weighted by atomic mass is 10.1. The molecule has 2 N–H and O–H groups in total. The molecule has 0 aliphatic heterocycles. The van der Waals surface area contributed by atoms with Gasteiger partial charge in [-0.15, -0.1) is 0 Å². The van der Waals surface area contributed by atoms with Gasteiger partial charge in [-0.25, -0.2) is 14.4 Å². The number of hydrogen-bond donors (Lipinski definition) is 1. The summed E-state index contributed by atoms with van der Waals surface area (Å²) in [6, 6.07) is 13.2. The molecule has 0 aliphatic rings. The number of halogens is 1. The van der Waals surface area contributed by atoms with Crippen molar-refractivity contribution in [3.8, 4) is 11.1 Å². The highest BCUT2D eigenvalue weighted by molar-refractivity contribution is 5.93. The first-order valence-electron chi connectivity index (χ1n) is 7.84. The number of primary amides is 1. The quantitative estimate of drug-likeness (QED) is 0.773. The van der Waals surface area contributed by atoms with Crippen molar-refractivity contribution in [2.24, 2.45) is 5.73 Å². The van der Waals surface area contributed by atoms with Gasteiger partial charge in [0.05, 0.1) is 0 Å². The highest BCUT2D eigenvalue weighted by Crippen LogP contribution is 2.24. The SMILES string of the molecule is CCN(c1cccc(F)c1)c1ncc(-c2ccc(C(N)=O)cc2)cn1. The number of carbonyl (C=O) groups excluding carboxylic acids is 1. The van der Waals surface area contributed by atoms with Gasteiger partial charge in [-0.3, -0.25) is 4.79 Å². The lowest BCUT2D eigenvalue weighted by molar-refractivity contribution is 0.100. The summed E-state index contributed by atoms with van der Waals surface area (Å²) in [6.45, 7) is 2.56. The number of rotatable bonds is 5.